The maximum absolute atomic E-state index is 13.0. The van der Waals surface area contributed by atoms with Gasteiger partial charge in [0.15, 0.2) is 0 Å². The third-order valence-corrected chi connectivity index (χ3v) is 2.29. The molecule has 0 amide bonds. The molecule has 0 aliphatic heterocycles. The van der Waals surface area contributed by atoms with Crippen molar-refractivity contribution in [3.63, 3.8) is 0 Å². The molecule has 18 heavy (non-hydrogen) atoms. The zero-order valence-corrected chi connectivity index (χ0v) is 9.80. The van der Waals surface area contributed by atoms with Crippen LogP contribution < -0.4 is 4.90 Å². The number of carbonyl (C=O) groups is 1. The lowest BCUT2D eigenvalue weighted by Crippen LogP contribution is -2.30. The molecule has 1 aromatic carbocycles. The van der Waals surface area contributed by atoms with Crippen LogP contribution in [0.4, 0.5) is 15.8 Å². The molecule has 0 atom stereocenters. The Morgan fingerprint density at radius 2 is 2.22 bits per heavy atom. The molecule has 0 saturated carbocycles. The number of benzene rings is 1. The highest BCUT2D eigenvalue weighted by Crippen LogP contribution is 2.28. The van der Waals surface area contributed by atoms with Crippen LogP contribution in [0.25, 0.3) is 0 Å². The van der Waals surface area contributed by atoms with Crippen molar-refractivity contribution in [1.29, 1.82) is 0 Å². The highest BCUT2D eigenvalue weighted by Gasteiger charge is 2.21. The number of nitro benzene ring substituents is 1. The first-order valence-corrected chi connectivity index (χ1v) is 5.36. The number of carboxylic acids is 1. The van der Waals surface area contributed by atoms with E-state index in [9.17, 15) is 19.3 Å². The molecule has 6 nitrogen and oxygen atoms in total. The number of nitrogens with zero attached hydrogens (tertiary/aromatic N) is 2. The van der Waals surface area contributed by atoms with Crippen LogP contribution in [0, 0.1) is 15.9 Å². The highest BCUT2D eigenvalue weighted by atomic mass is 19.1. The molecule has 0 aliphatic carbocycles. The predicted molar refractivity (Wildman–Crippen MR) is 63.2 cm³/mol. The third kappa shape index (κ3) is 3.41. The number of rotatable bonds is 6. The maximum Gasteiger partial charge on any atom is 0.323 e. The second kappa shape index (κ2) is 5.95. The molecule has 0 spiro atoms. The molecule has 1 rings (SSSR count). The molecule has 0 radical (unpaired) electrons. The first-order valence-electron chi connectivity index (χ1n) is 5.36. The fourth-order valence-electron chi connectivity index (χ4n) is 1.63. The SMILES string of the molecule is CCCN(CC(=O)O)c1ccc(F)cc1[N+](=O)[O-]. The Labute approximate surface area is 103 Å². The monoisotopic (exact) mass is 256 g/mol. The Hall–Kier alpha value is -2.18. The van der Waals surface area contributed by atoms with E-state index in [0.29, 0.717) is 13.0 Å². The summed E-state index contributed by atoms with van der Waals surface area (Å²) in [4.78, 5) is 22.2. The van der Waals surface area contributed by atoms with Crippen LogP contribution in [0.3, 0.4) is 0 Å². The quantitative estimate of drug-likeness (QED) is 0.622. The van der Waals surface area contributed by atoms with Gasteiger partial charge in [0.05, 0.1) is 11.0 Å². The van der Waals surface area contributed by atoms with E-state index >= 15 is 0 Å². The van der Waals surface area contributed by atoms with Crippen molar-refractivity contribution in [2.75, 3.05) is 18.0 Å². The van der Waals surface area contributed by atoms with Crippen molar-refractivity contribution in [3.05, 3.63) is 34.1 Å². The van der Waals surface area contributed by atoms with Gasteiger partial charge in [0.25, 0.3) is 5.69 Å². The van der Waals surface area contributed by atoms with E-state index in [1.165, 1.54) is 11.0 Å². The van der Waals surface area contributed by atoms with Crippen molar-refractivity contribution < 1.29 is 19.2 Å². The van der Waals surface area contributed by atoms with E-state index in [4.69, 9.17) is 5.11 Å². The van der Waals surface area contributed by atoms with Gasteiger partial charge in [0.2, 0.25) is 0 Å². The molecular formula is C11H13FN2O4. The first-order chi connectivity index (χ1) is 8.45. The van der Waals surface area contributed by atoms with E-state index < -0.39 is 22.4 Å². The molecule has 0 aromatic heterocycles. The molecule has 0 bridgehead atoms. The zero-order valence-electron chi connectivity index (χ0n) is 9.80. The molecule has 0 unspecified atom stereocenters. The van der Waals surface area contributed by atoms with Gasteiger partial charge in [0.1, 0.15) is 18.0 Å². The van der Waals surface area contributed by atoms with Crippen LogP contribution in [0.1, 0.15) is 13.3 Å². The zero-order chi connectivity index (χ0) is 13.7. The third-order valence-electron chi connectivity index (χ3n) is 2.29. The van der Waals surface area contributed by atoms with Gasteiger partial charge < -0.3 is 10.0 Å². The fraction of sp³-hybridized carbons (Fsp3) is 0.364. The number of aliphatic carboxylic acids is 1. The standard InChI is InChI=1S/C11H13FN2O4/c1-2-5-13(7-11(15)16)9-4-3-8(12)6-10(9)14(17)18/h3-4,6H,2,5,7H2,1H3,(H,15,16). The summed E-state index contributed by atoms with van der Waals surface area (Å²) in [7, 11) is 0. The van der Waals surface area contributed by atoms with Crippen molar-refractivity contribution >= 4 is 17.3 Å². The average Bonchev–Trinajstić information content (AvgIpc) is 2.27. The Morgan fingerprint density at radius 3 is 2.72 bits per heavy atom. The minimum Gasteiger partial charge on any atom is -0.480 e. The normalized spacial score (nSPS) is 10.1. The first kappa shape index (κ1) is 13.9. The smallest absolute Gasteiger partial charge is 0.323 e. The van der Waals surface area contributed by atoms with E-state index in [-0.39, 0.29) is 12.2 Å². The number of carboxylic acid groups (broad SMARTS) is 1. The number of nitro groups is 1. The summed E-state index contributed by atoms with van der Waals surface area (Å²) in [5.41, 5.74) is -0.310. The maximum atomic E-state index is 13.0. The van der Waals surface area contributed by atoms with Gasteiger partial charge in [-0.2, -0.15) is 0 Å². The molecule has 1 aromatic rings. The van der Waals surface area contributed by atoms with Gasteiger partial charge in [0, 0.05) is 6.54 Å². The summed E-state index contributed by atoms with van der Waals surface area (Å²) >= 11 is 0. The van der Waals surface area contributed by atoms with E-state index in [1.807, 2.05) is 6.92 Å². The van der Waals surface area contributed by atoms with Crippen molar-refractivity contribution in [3.8, 4) is 0 Å². The van der Waals surface area contributed by atoms with Crippen LogP contribution in [-0.4, -0.2) is 29.1 Å². The lowest BCUT2D eigenvalue weighted by Gasteiger charge is -2.21. The summed E-state index contributed by atoms with van der Waals surface area (Å²) in [6.45, 7) is 1.81. The lowest BCUT2D eigenvalue weighted by atomic mass is 10.2. The van der Waals surface area contributed by atoms with Crippen molar-refractivity contribution in [2.24, 2.45) is 0 Å². The Bertz CT molecular complexity index is 464. The molecule has 0 fully saturated rings. The fourth-order valence-corrected chi connectivity index (χ4v) is 1.63. The van der Waals surface area contributed by atoms with Crippen LogP contribution in [0.2, 0.25) is 0 Å². The highest BCUT2D eigenvalue weighted by molar-refractivity contribution is 5.76. The lowest BCUT2D eigenvalue weighted by molar-refractivity contribution is -0.384. The Kier molecular flexibility index (Phi) is 4.59. The Morgan fingerprint density at radius 1 is 1.56 bits per heavy atom. The van der Waals surface area contributed by atoms with Crippen LogP contribution >= 0.6 is 0 Å². The number of anilines is 1. The summed E-state index contributed by atoms with van der Waals surface area (Å²) in [6.07, 6.45) is 0.627. The van der Waals surface area contributed by atoms with Crippen LogP contribution in [0.15, 0.2) is 18.2 Å². The Balaban J connectivity index is 3.17. The molecule has 0 heterocycles. The second-order valence-electron chi connectivity index (χ2n) is 3.71. The van der Waals surface area contributed by atoms with E-state index in [1.54, 1.807) is 0 Å². The topological polar surface area (TPSA) is 83.7 Å². The van der Waals surface area contributed by atoms with Gasteiger partial charge in [-0.1, -0.05) is 6.92 Å². The van der Waals surface area contributed by atoms with Crippen molar-refractivity contribution in [1.82, 2.24) is 0 Å². The average molecular weight is 256 g/mol. The van der Waals surface area contributed by atoms with Gasteiger partial charge in [-0.15, -0.1) is 0 Å². The molecule has 0 saturated heterocycles. The summed E-state index contributed by atoms with van der Waals surface area (Å²) in [5.74, 6) is -1.82. The van der Waals surface area contributed by atoms with Gasteiger partial charge >= 0.3 is 5.97 Å². The van der Waals surface area contributed by atoms with E-state index in [2.05, 4.69) is 0 Å². The number of hydrogen-bond donors (Lipinski definition) is 1. The van der Waals surface area contributed by atoms with Crippen LogP contribution in [-0.2, 0) is 4.79 Å². The number of hydrogen-bond acceptors (Lipinski definition) is 4. The summed E-state index contributed by atoms with van der Waals surface area (Å²) < 4.78 is 13.0. The van der Waals surface area contributed by atoms with Gasteiger partial charge in [-0.25, -0.2) is 4.39 Å². The summed E-state index contributed by atoms with van der Waals surface area (Å²) in [5, 5.41) is 19.6. The molecule has 1 N–H and O–H groups in total. The second-order valence-corrected chi connectivity index (χ2v) is 3.71. The summed E-state index contributed by atoms with van der Waals surface area (Å²) in [6, 6.07) is 3.10. The molecular weight excluding hydrogens is 243 g/mol. The van der Waals surface area contributed by atoms with Gasteiger partial charge in [-0.05, 0) is 18.6 Å². The molecule has 98 valence electrons. The number of halogens is 1. The minimum absolute atomic E-state index is 0.116. The van der Waals surface area contributed by atoms with Gasteiger partial charge in [-0.3, -0.25) is 14.9 Å². The van der Waals surface area contributed by atoms with Crippen LogP contribution in [0.5, 0.6) is 0 Å². The predicted octanol–water partition coefficient (Wildman–Crippen LogP) is 2.03. The van der Waals surface area contributed by atoms with E-state index in [0.717, 1.165) is 12.1 Å². The largest absolute Gasteiger partial charge is 0.480 e. The molecule has 0 aliphatic rings. The minimum atomic E-state index is -1.10. The molecule has 7 heteroatoms. The van der Waals surface area contributed by atoms with Crippen molar-refractivity contribution in [2.45, 2.75) is 13.3 Å².